The molecule has 0 atom stereocenters. The van der Waals surface area contributed by atoms with Crippen molar-refractivity contribution in [1.29, 1.82) is 0 Å². The molecule has 1 aliphatic rings. The third-order valence-electron chi connectivity index (χ3n) is 6.09. The molecule has 3 heteroatoms. The van der Waals surface area contributed by atoms with E-state index in [-0.39, 0.29) is 0 Å². The van der Waals surface area contributed by atoms with Crippen LogP contribution in [0.3, 0.4) is 0 Å². The second-order valence-corrected chi connectivity index (χ2v) is 8.18. The summed E-state index contributed by atoms with van der Waals surface area (Å²) < 4.78 is 0. The molecule has 0 amide bonds. The molecule has 5 rings (SSSR count). The molecule has 0 spiro atoms. The average molecular weight is 358 g/mol. The quantitative estimate of drug-likeness (QED) is 0.419. The van der Waals surface area contributed by atoms with Gasteiger partial charge >= 0.3 is 0 Å². The topological polar surface area (TPSA) is 43.6 Å². The minimum atomic E-state index is 0.469. The summed E-state index contributed by atoms with van der Waals surface area (Å²) in [5.41, 5.74) is 7.89. The molecule has 138 valence electrons. The fourth-order valence-electron chi connectivity index (χ4n) is 4.67. The van der Waals surface area contributed by atoms with E-state index < -0.39 is 0 Å². The highest BCUT2D eigenvalue weighted by atomic mass is 14.9. The Hall–Kier alpha value is -2.52. The fraction of sp³-hybridized carbons (Fsp3) is 0.333. The van der Waals surface area contributed by atoms with Crippen LogP contribution in [0, 0.1) is 0 Å². The third-order valence-corrected chi connectivity index (χ3v) is 6.09. The first-order valence-electron chi connectivity index (χ1n) is 10.1. The van der Waals surface area contributed by atoms with E-state index in [0.717, 1.165) is 13.1 Å². The molecule has 2 aromatic carbocycles. The summed E-state index contributed by atoms with van der Waals surface area (Å²) >= 11 is 0. The summed E-state index contributed by atoms with van der Waals surface area (Å²) in [6.07, 6.45) is 4.49. The van der Waals surface area contributed by atoms with Crippen molar-refractivity contribution in [2.45, 2.75) is 38.5 Å². The number of fused-ring (bicyclic) bond motifs is 2. The number of H-pyrrole nitrogens is 2. The van der Waals surface area contributed by atoms with E-state index in [2.05, 4.69) is 71.6 Å². The smallest absolute Gasteiger partial charge is 0.0500 e. The molecule has 3 heterocycles. The van der Waals surface area contributed by atoms with E-state index in [1.54, 1.807) is 0 Å². The van der Waals surface area contributed by atoms with Crippen molar-refractivity contribution in [1.82, 2.24) is 15.3 Å². The van der Waals surface area contributed by atoms with E-state index in [9.17, 15) is 0 Å². The minimum Gasteiger partial charge on any atom is -0.361 e. The summed E-state index contributed by atoms with van der Waals surface area (Å²) in [5.74, 6) is 1.15. The van der Waals surface area contributed by atoms with Gasteiger partial charge in [-0.15, -0.1) is 0 Å². The van der Waals surface area contributed by atoms with Crippen LogP contribution in [0.4, 0.5) is 0 Å². The van der Waals surface area contributed by atoms with Crippen molar-refractivity contribution < 1.29 is 0 Å². The molecular formula is C24H27N3. The largest absolute Gasteiger partial charge is 0.361 e. The zero-order valence-corrected chi connectivity index (χ0v) is 16.1. The van der Waals surface area contributed by atoms with Crippen molar-refractivity contribution >= 4 is 21.8 Å². The number of piperidine rings is 1. The van der Waals surface area contributed by atoms with Crippen LogP contribution in [0.5, 0.6) is 0 Å². The highest BCUT2D eigenvalue weighted by molar-refractivity contribution is 5.94. The van der Waals surface area contributed by atoms with E-state index in [4.69, 9.17) is 0 Å². The van der Waals surface area contributed by atoms with Gasteiger partial charge in [-0.25, -0.2) is 0 Å². The molecule has 27 heavy (non-hydrogen) atoms. The lowest BCUT2D eigenvalue weighted by Gasteiger charge is -2.23. The number of aromatic nitrogens is 2. The predicted octanol–water partition coefficient (Wildman–Crippen LogP) is 5.91. The van der Waals surface area contributed by atoms with Crippen molar-refractivity contribution in [3.8, 4) is 11.3 Å². The normalized spacial score (nSPS) is 16.0. The van der Waals surface area contributed by atoms with E-state index in [1.807, 2.05) is 6.20 Å². The monoisotopic (exact) mass is 357 g/mol. The van der Waals surface area contributed by atoms with E-state index >= 15 is 0 Å². The van der Waals surface area contributed by atoms with Gasteiger partial charge in [-0.2, -0.15) is 0 Å². The zero-order chi connectivity index (χ0) is 18.4. The molecule has 1 aliphatic heterocycles. The Morgan fingerprint density at radius 3 is 2.59 bits per heavy atom. The van der Waals surface area contributed by atoms with Crippen LogP contribution in [0.2, 0.25) is 0 Å². The molecule has 0 aliphatic carbocycles. The van der Waals surface area contributed by atoms with Crippen LogP contribution >= 0.6 is 0 Å². The number of nitrogens with one attached hydrogen (secondary N) is 3. The zero-order valence-electron chi connectivity index (χ0n) is 16.1. The molecular weight excluding hydrogens is 330 g/mol. The maximum Gasteiger partial charge on any atom is 0.0500 e. The lowest BCUT2D eigenvalue weighted by atomic mass is 9.88. The fourth-order valence-corrected chi connectivity index (χ4v) is 4.67. The Labute approximate surface area is 160 Å². The van der Waals surface area contributed by atoms with Crippen molar-refractivity contribution in [3.05, 3.63) is 59.8 Å². The van der Waals surface area contributed by atoms with Gasteiger partial charge in [-0.1, -0.05) is 32.0 Å². The van der Waals surface area contributed by atoms with Gasteiger partial charge in [-0.3, -0.25) is 0 Å². The second-order valence-electron chi connectivity index (χ2n) is 8.18. The van der Waals surface area contributed by atoms with Crippen LogP contribution in [-0.2, 0) is 0 Å². The van der Waals surface area contributed by atoms with Gasteiger partial charge in [-0.05, 0) is 78.5 Å². The lowest BCUT2D eigenvalue weighted by Crippen LogP contribution is -2.26. The first kappa shape index (κ1) is 16.6. The SMILES string of the molecule is CC(C)c1c(-c2ccc3cc[nH]c3c2)[nH]c2ccc(C3CCNCC3)cc12. The number of benzene rings is 2. The Morgan fingerprint density at radius 2 is 1.78 bits per heavy atom. The molecule has 0 saturated carbocycles. The summed E-state index contributed by atoms with van der Waals surface area (Å²) in [6, 6.07) is 15.9. The maximum atomic E-state index is 3.72. The molecule has 3 nitrogen and oxygen atoms in total. The average Bonchev–Trinajstić information content (AvgIpc) is 3.31. The summed E-state index contributed by atoms with van der Waals surface area (Å²) in [7, 11) is 0. The number of rotatable bonds is 3. The summed E-state index contributed by atoms with van der Waals surface area (Å²) in [4.78, 5) is 7.07. The van der Waals surface area contributed by atoms with Crippen LogP contribution in [0.15, 0.2) is 48.7 Å². The third kappa shape index (κ3) is 2.87. The molecule has 0 unspecified atom stereocenters. The van der Waals surface area contributed by atoms with Crippen molar-refractivity contribution in [2.75, 3.05) is 13.1 Å². The Balaban J connectivity index is 1.66. The Morgan fingerprint density at radius 1 is 0.926 bits per heavy atom. The molecule has 4 aromatic rings. The maximum absolute atomic E-state index is 3.72. The highest BCUT2D eigenvalue weighted by Gasteiger charge is 2.20. The Bertz CT molecular complexity index is 1090. The summed E-state index contributed by atoms with van der Waals surface area (Å²) in [5, 5.41) is 6.13. The van der Waals surface area contributed by atoms with Gasteiger partial charge in [0.15, 0.2) is 0 Å². The van der Waals surface area contributed by atoms with Gasteiger partial charge in [0.2, 0.25) is 0 Å². The number of hydrogen-bond donors (Lipinski definition) is 3. The first-order valence-corrected chi connectivity index (χ1v) is 10.1. The summed E-state index contributed by atoms with van der Waals surface area (Å²) in [6.45, 7) is 6.87. The van der Waals surface area contributed by atoms with Gasteiger partial charge in [0.25, 0.3) is 0 Å². The highest BCUT2D eigenvalue weighted by Crippen LogP contribution is 2.38. The predicted molar refractivity (Wildman–Crippen MR) is 115 cm³/mol. The number of hydrogen-bond acceptors (Lipinski definition) is 1. The van der Waals surface area contributed by atoms with Crippen LogP contribution in [-0.4, -0.2) is 23.1 Å². The molecule has 2 aromatic heterocycles. The number of aromatic amines is 2. The van der Waals surface area contributed by atoms with Gasteiger partial charge in [0, 0.05) is 28.2 Å². The van der Waals surface area contributed by atoms with E-state index in [1.165, 1.54) is 57.0 Å². The minimum absolute atomic E-state index is 0.469. The molecule has 0 bridgehead atoms. The van der Waals surface area contributed by atoms with Gasteiger partial charge in [0.1, 0.15) is 0 Å². The molecule has 1 fully saturated rings. The van der Waals surface area contributed by atoms with Gasteiger partial charge < -0.3 is 15.3 Å². The lowest BCUT2D eigenvalue weighted by molar-refractivity contribution is 0.460. The standard InChI is InChI=1S/C24H27N3/c1-15(2)23-20-13-18(16-7-10-25-11-8-16)5-6-21(20)27-24(23)19-4-3-17-9-12-26-22(17)14-19/h3-6,9,12-16,25-27H,7-8,10-11H2,1-2H3. The first-order chi connectivity index (χ1) is 13.2. The second kappa shape index (κ2) is 6.58. The molecule has 1 saturated heterocycles. The van der Waals surface area contributed by atoms with Gasteiger partial charge in [0.05, 0.1) is 5.69 Å². The van der Waals surface area contributed by atoms with Crippen LogP contribution < -0.4 is 5.32 Å². The molecule has 3 N–H and O–H groups in total. The van der Waals surface area contributed by atoms with Crippen LogP contribution in [0.25, 0.3) is 33.1 Å². The Kier molecular flexibility index (Phi) is 4.05. The van der Waals surface area contributed by atoms with E-state index in [0.29, 0.717) is 11.8 Å². The molecule has 0 radical (unpaired) electrons. The van der Waals surface area contributed by atoms with Crippen molar-refractivity contribution in [3.63, 3.8) is 0 Å². The van der Waals surface area contributed by atoms with Crippen molar-refractivity contribution in [2.24, 2.45) is 0 Å². The van der Waals surface area contributed by atoms with Crippen LogP contribution in [0.1, 0.15) is 49.7 Å².